The first-order valence-electron chi connectivity index (χ1n) is 9.79. The fourth-order valence-electron chi connectivity index (χ4n) is 2.93. The molecule has 0 aromatic heterocycles. The molecule has 2 aromatic carbocycles. The highest BCUT2D eigenvalue weighted by molar-refractivity contribution is 5.98. The van der Waals surface area contributed by atoms with Crippen molar-refractivity contribution in [2.45, 2.75) is 33.0 Å². The average Bonchev–Trinajstić information content (AvgIpc) is 2.76. The fraction of sp³-hybridized carbons (Fsp3) is 0.192. The molecule has 3 rings (SSSR count). The summed E-state index contributed by atoms with van der Waals surface area (Å²) in [6.45, 7) is 11.1. The van der Waals surface area contributed by atoms with Crippen molar-refractivity contribution in [3.63, 3.8) is 0 Å². The summed E-state index contributed by atoms with van der Waals surface area (Å²) in [6, 6.07) is 19.9. The van der Waals surface area contributed by atoms with Crippen LogP contribution in [0.2, 0.25) is 0 Å². The molecule has 3 heteroatoms. The van der Waals surface area contributed by atoms with Gasteiger partial charge in [-0.05, 0) is 43.0 Å². The Labute approximate surface area is 173 Å². The van der Waals surface area contributed by atoms with Gasteiger partial charge in [-0.15, -0.1) is 0 Å². The van der Waals surface area contributed by atoms with Crippen LogP contribution in [0.5, 0.6) is 0 Å². The Hall–Kier alpha value is -3.33. The molecule has 148 valence electrons. The van der Waals surface area contributed by atoms with Gasteiger partial charge in [-0.3, -0.25) is 0 Å². The average molecular weight is 386 g/mol. The molecule has 0 unspecified atom stereocenters. The number of benzene rings is 2. The van der Waals surface area contributed by atoms with Crippen LogP contribution in [0.3, 0.4) is 0 Å². The largest absolute Gasteiger partial charge is 0.473 e. The van der Waals surface area contributed by atoms with Gasteiger partial charge in [0, 0.05) is 5.57 Å². The van der Waals surface area contributed by atoms with Crippen molar-refractivity contribution in [2.24, 2.45) is 4.99 Å². The Bertz CT molecular complexity index is 937. The minimum absolute atomic E-state index is 0.307. The Morgan fingerprint density at radius 3 is 1.97 bits per heavy atom. The maximum absolute atomic E-state index is 6.04. The first kappa shape index (κ1) is 20.4. The second-order valence-electron chi connectivity index (χ2n) is 7.04. The molecule has 0 amide bonds. The number of nitrogens with zero attached hydrogens (tertiary/aromatic N) is 1. The van der Waals surface area contributed by atoms with E-state index in [4.69, 9.17) is 9.47 Å². The van der Waals surface area contributed by atoms with Crippen LogP contribution in [0.1, 0.15) is 30.9 Å². The maximum atomic E-state index is 6.04. The Kier molecular flexibility index (Phi) is 7.23. The number of hydrogen-bond acceptors (Lipinski definition) is 3. The number of allylic oxidation sites excluding steroid dienone is 3. The van der Waals surface area contributed by atoms with E-state index >= 15 is 0 Å². The monoisotopic (exact) mass is 385 g/mol. The van der Waals surface area contributed by atoms with E-state index in [-0.39, 0.29) is 0 Å². The standard InChI is InChI=1S/C26H27NO2/c1-20-14-16-25(17-15-20)21(2)26(29-19-24-12-8-5-9-13-24)27-22(3)28-18-23-10-6-4-7-11-23/h4-14,16H,2-3,15,17-19H2,1H3/b27-26+. The minimum atomic E-state index is 0.307. The van der Waals surface area contributed by atoms with Gasteiger partial charge in [0.25, 0.3) is 0 Å². The van der Waals surface area contributed by atoms with Gasteiger partial charge in [0.1, 0.15) is 13.2 Å². The lowest BCUT2D eigenvalue weighted by atomic mass is 9.94. The van der Waals surface area contributed by atoms with E-state index in [0.29, 0.717) is 25.0 Å². The van der Waals surface area contributed by atoms with E-state index in [1.807, 2.05) is 60.7 Å². The lowest BCUT2D eigenvalue weighted by Gasteiger charge is -2.17. The number of hydrogen-bond donors (Lipinski definition) is 0. The van der Waals surface area contributed by atoms with Crippen molar-refractivity contribution in [3.8, 4) is 0 Å². The third kappa shape index (κ3) is 6.35. The highest BCUT2D eigenvalue weighted by Crippen LogP contribution is 2.25. The predicted molar refractivity (Wildman–Crippen MR) is 119 cm³/mol. The normalized spacial score (nSPS) is 13.9. The molecule has 0 aliphatic heterocycles. The van der Waals surface area contributed by atoms with Crippen LogP contribution in [-0.2, 0) is 22.7 Å². The van der Waals surface area contributed by atoms with E-state index in [2.05, 4.69) is 37.2 Å². The van der Waals surface area contributed by atoms with Crippen molar-refractivity contribution >= 4 is 5.90 Å². The SMILES string of the molecule is C=C(/N=C(/OCc1ccccc1)C(=C)C1=CC=C(C)CC1)OCc1ccccc1. The van der Waals surface area contributed by atoms with E-state index in [1.165, 1.54) is 5.57 Å². The molecule has 0 saturated heterocycles. The number of ether oxygens (including phenoxy) is 2. The third-order valence-electron chi connectivity index (χ3n) is 4.70. The van der Waals surface area contributed by atoms with Crippen LogP contribution < -0.4 is 0 Å². The molecule has 0 N–H and O–H groups in total. The molecule has 3 nitrogen and oxygen atoms in total. The van der Waals surface area contributed by atoms with Crippen molar-refractivity contribution < 1.29 is 9.47 Å². The lowest BCUT2D eigenvalue weighted by molar-refractivity contribution is 0.195. The van der Waals surface area contributed by atoms with E-state index in [0.717, 1.165) is 35.1 Å². The Balaban J connectivity index is 1.72. The van der Waals surface area contributed by atoms with Gasteiger partial charge in [-0.2, -0.15) is 4.99 Å². The molecule has 2 aromatic rings. The number of aliphatic imine (C=N–C) groups is 1. The van der Waals surface area contributed by atoms with Crippen LogP contribution in [0.25, 0.3) is 0 Å². The summed E-state index contributed by atoms with van der Waals surface area (Å²) < 4.78 is 11.8. The third-order valence-corrected chi connectivity index (χ3v) is 4.70. The number of rotatable bonds is 8. The topological polar surface area (TPSA) is 30.8 Å². The second kappa shape index (κ2) is 10.3. The van der Waals surface area contributed by atoms with Gasteiger partial charge < -0.3 is 9.47 Å². The van der Waals surface area contributed by atoms with Crippen LogP contribution >= 0.6 is 0 Å². The van der Waals surface area contributed by atoms with Gasteiger partial charge in [0.15, 0.2) is 0 Å². The molecular formula is C26H27NO2. The molecule has 29 heavy (non-hydrogen) atoms. The molecule has 0 saturated carbocycles. The molecule has 0 bridgehead atoms. The zero-order chi connectivity index (χ0) is 20.5. The van der Waals surface area contributed by atoms with Crippen molar-refractivity contribution in [3.05, 3.63) is 120 Å². The van der Waals surface area contributed by atoms with Crippen molar-refractivity contribution in [1.29, 1.82) is 0 Å². The van der Waals surface area contributed by atoms with Crippen LogP contribution in [-0.4, -0.2) is 5.90 Å². The first-order valence-corrected chi connectivity index (χ1v) is 9.79. The summed E-state index contributed by atoms with van der Waals surface area (Å²) in [4.78, 5) is 4.52. The summed E-state index contributed by atoms with van der Waals surface area (Å²) >= 11 is 0. The molecule has 0 spiro atoms. The van der Waals surface area contributed by atoms with Gasteiger partial charge in [0.2, 0.25) is 11.8 Å². The van der Waals surface area contributed by atoms with Crippen LogP contribution in [0.15, 0.2) is 114 Å². The Morgan fingerprint density at radius 2 is 1.41 bits per heavy atom. The zero-order valence-electron chi connectivity index (χ0n) is 16.9. The van der Waals surface area contributed by atoms with E-state index < -0.39 is 0 Å². The summed E-state index contributed by atoms with van der Waals surface area (Å²) in [6.07, 6.45) is 6.16. The molecular weight excluding hydrogens is 358 g/mol. The van der Waals surface area contributed by atoms with Gasteiger partial charge >= 0.3 is 0 Å². The van der Waals surface area contributed by atoms with Crippen molar-refractivity contribution in [2.75, 3.05) is 0 Å². The Morgan fingerprint density at radius 1 is 0.828 bits per heavy atom. The van der Waals surface area contributed by atoms with E-state index in [1.54, 1.807) is 0 Å². The zero-order valence-corrected chi connectivity index (χ0v) is 16.9. The van der Waals surface area contributed by atoms with Crippen molar-refractivity contribution in [1.82, 2.24) is 0 Å². The molecule has 0 fully saturated rings. The first-order chi connectivity index (χ1) is 14.1. The molecule has 1 aliphatic carbocycles. The van der Waals surface area contributed by atoms with Gasteiger partial charge in [-0.1, -0.05) is 85.0 Å². The quantitative estimate of drug-likeness (QED) is 0.294. The smallest absolute Gasteiger partial charge is 0.224 e. The highest BCUT2D eigenvalue weighted by Gasteiger charge is 2.15. The molecule has 1 aliphatic rings. The summed E-state index contributed by atoms with van der Waals surface area (Å²) in [5, 5.41) is 0. The maximum Gasteiger partial charge on any atom is 0.224 e. The molecule has 0 radical (unpaired) electrons. The van der Waals surface area contributed by atoms with E-state index in [9.17, 15) is 0 Å². The fourth-order valence-corrected chi connectivity index (χ4v) is 2.93. The minimum Gasteiger partial charge on any atom is -0.473 e. The van der Waals surface area contributed by atoms with Gasteiger partial charge in [-0.25, -0.2) is 0 Å². The second-order valence-corrected chi connectivity index (χ2v) is 7.04. The molecule has 0 heterocycles. The van der Waals surface area contributed by atoms with Gasteiger partial charge in [0.05, 0.1) is 0 Å². The summed E-state index contributed by atoms with van der Waals surface area (Å²) in [7, 11) is 0. The summed E-state index contributed by atoms with van der Waals surface area (Å²) in [5.41, 5.74) is 5.38. The summed E-state index contributed by atoms with van der Waals surface area (Å²) in [5.74, 6) is 0.757. The highest BCUT2D eigenvalue weighted by atomic mass is 16.5. The van der Waals surface area contributed by atoms with Crippen LogP contribution in [0, 0.1) is 0 Å². The lowest BCUT2D eigenvalue weighted by Crippen LogP contribution is -2.12. The predicted octanol–water partition coefficient (Wildman–Crippen LogP) is 6.51. The molecule has 0 atom stereocenters. The van der Waals surface area contributed by atoms with Crippen LogP contribution in [0.4, 0.5) is 0 Å².